The third-order valence-corrected chi connectivity index (χ3v) is 3.46. The Balaban J connectivity index is 3.04. The number of anilines is 2. The standard InChI is InChI=1S/C17H28N2O2/c1-5-9-12-18-14-10-11-15(17(20)21-8-4)16(13-14)19(6-2)7-3/h10-11,13,18H,5-9,12H2,1-4H3. The molecule has 0 radical (unpaired) electrons. The summed E-state index contributed by atoms with van der Waals surface area (Å²) in [5.74, 6) is -0.250. The molecule has 0 heterocycles. The maximum Gasteiger partial charge on any atom is 0.340 e. The minimum absolute atomic E-state index is 0.250. The molecule has 0 aliphatic carbocycles. The molecule has 0 fully saturated rings. The largest absolute Gasteiger partial charge is 0.462 e. The monoisotopic (exact) mass is 292 g/mol. The van der Waals surface area contributed by atoms with E-state index in [0.717, 1.165) is 43.9 Å². The molecule has 118 valence electrons. The van der Waals surface area contributed by atoms with E-state index in [1.54, 1.807) is 0 Å². The zero-order valence-corrected chi connectivity index (χ0v) is 13.7. The van der Waals surface area contributed by atoms with Crippen molar-refractivity contribution in [2.24, 2.45) is 0 Å². The average Bonchev–Trinajstić information content (AvgIpc) is 2.49. The van der Waals surface area contributed by atoms with Gasteiger partial charge in [-0.15, -0.1) is 0 Å². The summed E-state index contributed by atoms with van der Waals surface area (Å²) in [4.78, 5) is 14.3. The Bertz CT molecular complexity index is 442. The van der Waals surface area contributed by atoms with E-state index < -0.39 is 0 Å². The van der Waals surface area contributed by atoms with Crippen LogP contribution in [0.5, 0.6) is 0 Å². The third-order valence-electron chi connectivity index (χ3n) is 3.46. The topological polar surface area (TPSA) is 41.6 Å². The predicted octanol–water partition coefficient (Wildman–Crippen LogP) is 3.92. The Morgan fingerprint density at radius 2 is 1.90 bits per heavy atom. The van der Waals surface area contributed by atoms with Crippen LogP contribution >= 0.6 is 0 Å². The van der Waals surface area contributed by atoms with Gasteiger partial charge in [0.1, 0.15) is 0 Å². The first-order valence-corrected chi connectivity index (χ1v) is 7.97. The first kappa shape index (κ1) is 17.3. The van der Waals surface area contributed by atoms with E-state index in [1.807, 2.05) is 19.1 Å². The van der Waals surface area contributed by atoms with Crippen LogP contribution in [0.4, 0.5) is 11.4 Å². The lowest BCUT2D eigenvalue weighted by molar-refractivity contribution is 0.0527. The first-order chi connectivity index (χ1) is 10.2. The highest BCUT2D eigenvalue weighted by atomic mass is 16.5. The lowest BCUT2D eigenvalue weighted by Gasteiger charge is -2.24. The van der Waals surface area contributed by atoms with Crippen LogP contribution in [0.25, 0.3) is 0 Å². The molecule has 4 nitrogen and oxygen atoms in total. The van der Waals surface area contributed by atoms with E-state index in [1.165, 1.54) is 0 Å². The normalized spacial score (nSPS) is 10.3. The lowest BCUT2D eigenvalue weighted by atomic mass is 10.1. The number of rotatable bonds is 9. The molecule has 4 heteroatoms. The van der Waals surface area contributed by atoms with Gasteiger partial charge in [0.2, 0.25) is 0 Å². The summed E-state index contributed by atoms with van der Waals surface area (Å²) in [6.07, 6.45) is 2.30. The number of nitrogens with zero attached hydrogens (tertiary/aromatic N) is 1. The number of unbranched alkanes of at least 4 members (excludes halogenated alkanes) is 1. The third kappa shape index (κ3) is 4.96. The van der Waals surface area contributed by atoms with Crippen molar-refractivity contribution in [2.45, 2.75) is 40.5 Å². The lowest BCUT2D eigenvalue weighted by Crippen LogP contribution is -2.25. The Hall–Kier alpha value is -1.71. The number of nitrogens with one attached hydrogen (secondary N) is 1. The maximum absolute atomic E-state index is 12.1. The summed E-state index contributed by atoms with van der Waals surface area (Å²) in [6, 6.07) is 5.86. The van der Waals surface area contributed by atoms with Gasteiger partial charge < -0.3 is 15.0 Å². The van der Waals surface area contributed by atoms with Crippen LogP contribution in [0.1, 0.15) is 50.9 Å². The van der Waals surface area contributed by atoms with Crippen molar-refractivity contribution in [2.75, 3.05) is 36.5 Å². The quantitative estimate of drug-likeness (QED) is 0.553. The number of hydrogen-bond donors (Lipinski definition) is 1. The summed E-state index contributed by atoms with van der Waals surface area (Å²) >= 11 is 0. The van der Waals surface area contributed by atoms with Gasteiger partial charge in [-0.05, 0) is 45.4 Å². The Morgan fingerprint density at radius 1 is 1.19 bits per heavy atom. The van der Waals surface area contributed by atoms with Crippen LogP contribution in [0.2, 0.25) is 0 Å². The van der Waals surface area contributed by atoms with Crippen LogP contribution in [-0.4, -0.2) is 32.2 Å². The SMILES string of the molecule is CCCCNc1ccc(C(=O)OCC)c(N(CC)CC)c1. The average molecular weight is 292 g/mol. The van der Waals surface area contributed by atoms with E-state index in [0.29, 0.717) is 12.2 Å². The molecule has 1 N–H and O–H groups in total. The highest BCUT2D eigenvalue weighted by Gasteiger charge is 2.16. The van der Waals surface area contributed by atoms with Crippen molar-refractivity contribution in [3.8, 4) is 0 Å². The fraction of sp³-hybridized carbons (Fsp3) is 0.588. The fourth-order valence-corrected chi connectivity index (χ4v) is 2.26. The smallest absolute Gasteiger partial charge is 0.340 e. The number of benzene rings is 1. The highest BCUT2D eigenvalue weighted by Crippen LogP contribution is 2.26. The van der Waals surface area contributed by atoms with E-state index >= 15 is 0 Å². The van der Waals surface area contributed by atoms with Gasteiger partial charge in [-0.25, -0.2) is 4.79 Å². The minimum Gasteiger partial charge on any atom is -0.462 e. The van der Waals surface area contributed by atoms with Crippen LogP contribution in [-0.2, 0) is 4.74 Å². The van der Waals surface area contributed by atoms with Crippen molar-refractivity contribution in [1.29, 1.82) is 0 Å². The fourth-order valence-electron chi connectivity index (χ4n) is 2.26. The van der Waals surface area contributed by atoms with Gasteiger partial charge in [-0.3, -0.25) is 0 Å². The van der Waals surface area contributed by atoms with Gasteiger partial charge >= 0.3 is 5.97 Å². The van der Waals surface area contributed by atoms with Crippen LogP contribution in [0, 0.1) is 0 Å². The summed E-state index contributed by atoms with van der Waals surface area (Å²) in [5, 5.41) is 3.41. The zero-order valence-electron chi connectivity index (χ0n) is 13.7. The summed E-state index contributed by atoms with van der Waals surface area (Å²) in [6.45, 7) is 11.3. The number of carbonyl (C=O) groups is 1. The van der Waals surface area contributed by atoms with Crippen LogP contribution in [0.3, 0.4) is 0 Å². The predicted molar refractivity (Wildman–Crippen MR) is 89.4 cm³/mol. The maximum atomic E-state index is 12.1. The molecule has 0 aliphatic rings. The van der Waals surface area contributed by atoms with Crippen molar-refractivity contribution in [3.63, 3.8) is 0 Å². The molecule has 0 unspecified atom stereocenters. The molecule has 1 rings (SSSR count). The molecule has 0 amide bonds. The number of carbonyl (C=O) groups excluding carboxylic acids is 1. The highest BCUT2D eigenvalue weighted by molar-refractivity contribution is 5.96. The summed E-state index contributed by atoms with van der Waals surface area (Å²) in [5.41, 5.74) is 2.64. The molecule has 0 atom stereocenters. The van der Waals surface area contributed by atoms with Crippen molar-refractivity contribution < 1.29 is 9.53 Å². The second-order valence-corrected chi connectivity index (χ2v) is 4.91. The van der Waals surface area contributed by atoms with Gasteiger partial charge in [-0.2, -0.15) is 0 Å². The second kappa shape index (κ2) is 9.27. The van der Waals surface area contributed by atoms with Gasteiger partial charge in [0.25, 0.3) is 0 Å². The minimum atomic E-state index is -0.250. The Labute approximate surface area is 128 Å². The molecule has 0 aromatic heterocycles. The van der Waals surface area contributed by atoms with Crippen LogP contribution < -0.4 is 10.2 Å². The van der Waals surface area contributed by atoms with Crippen molar-refractivity contribution >= 4 is 17.3 Å². The van der Waals surface area contributed by atoms with Gasteiger partial charge in [0, 0.05) is 25.3 Å². The summed E-state index contributed by atoms with van der Waals surface area (Å²) in [7, 11) is 0. The molecular weight excluding hydrogens is 264 g/mol. The second-order valence-electron chi connectivity index (χ2n) is 4.91. The molecule has 1 aromatic carbocycles. The van der Waals surface area contributed by atoms with E-state index in [-0.39, 0.29) is 5.97 Å². The Morgan fingerprint density at radius 3 is 2.48 bits per heavy atom. The first-order valence-electron chi connectivity index (χ1n) is 7.97. The molecular formula is C17H28N2O2. The van der Waals surface area contributed by atoms with E-state index in [2.05, 4.69) is 37.1 Å². The molecule has 0 spiro atoms. The van der Waals surface area contributed by atoms with Crippen molar-refractivity contribution in [3.05, 3.63) is 23.8 Å². The summed E-state index contributed by atoms with van der Waals surface area (Å²) < 4.78 is 5.16. The van der Waals surface area contributed by atoms with Crippen molar-refractivity contribution in [1.82, 2.24) is 0 Å². The molecule has 0 aliphatic heterocycles. The number of ether oxygens (including phenoxy) is 1. The molecule has 21 heavy (non-hydrogen) atoms. The van der Waals surface area contributed by atoms with Gasteiger partial charge in [-0.1, -0.05) is 13.3 Å². The van der Waals surface area contributed by atoms with E-state index in [9.17, 15) is 4.79 Å². The van der Waals surface area contributed by atoms with E-state index in [4.69, 9.17) is 4.74 Å². The van der Waals surface area contributed by atoms with Crippen LogP contribution in [0.15, 0.2) is 18.2 Å². The van der Waals surface area contributed by atoms with Gasteiger partial charge in [0.15, 0.2) is 0 Å². The zero-order chi connectivity index (χ0) is 15.7. The molecule has 0 bridgehead atoms. The van der Waals surface area contributed by atoms with Gasteiger partial charge in [0.05, 0.1) is 17.9 Å². The molecule has 0 saturated carbocycles. The molecule has 1 aromatic rings. The number of esters is 1. The molecule has 0 saturated heterocycles. The Kier molecular flexibility index (Phi) is 7.65. The number of hydrogen-bond acceptors (Lipinski definition) is 4.